The molecule has 14 nitrogen and oxygen atoms in total. The summed E-state index contributed by atoms with van der Waals surface area (Å²) in [6.45, 7) is 0. The van der Waals surface area contributed by atoms with E-state index >= 15 is 0 Å². The number of aromatic carboxylic acids is 6. The monoisotopic (exact) mass is 482 g/mol. The molecule has 0 fully saturated rings. The summed E-state index contributed by atoms with van der Waals surface area (Å²) in [6.07, 6.45) is 0. The smallest absolute Gasteiger partial charge is 0.337 e. The predicted molar refractivity (Wildman–Crippen MR) is 104 cm³/mol. The number of carbonyl (C=O) groups is 6. The second-order valence-corrected chi connectivity index (χ2v) is 8.22. The third-order valence-electron chi connectivity index (χ3n) is 4.31. The number of hydrogen-bond donors (Lipinski definition) is 7. The summed E-state index contributed by atoms with van der Waals surface area (Å²) in [4.78, 5) is 80.8. The lowest BCUT2D eigenvalue weighted by molar-refractivity contribution is 0.0650. The standard InChI is InChI=1S/C18H11O14P/c19-13(20)5-1-3-7(15(23)24)11(9(5)17(27)28)33(31,32)12-8(16(25)26)4-2-6(14(21)22)10(12)18(29)30/h1-4H,(H,19,20)(H,21,22)(H,23,24)(H,25,26)(H,27,28)(H,29,30)(H,31,32). The van der Waals surface area contributed by atoms with Crippen LogP contribution in [0.3, 0.4) is 0 Å². The lowest BCUT2D eigenvalue weighted by Gasteiger charge is -2.22. The van der Waals surface area contributed by atoms with Gasteiger partial charge in [-0.25, -0.2) is 28.8 Å². The zero-order chi connectivity index (χ0) is 25.4. The molecule has 0 aromatic heterocycles. The largest absolute Gasteiger partial charge is 0.478 e. The third kappa shape index (κ3) is 4.15. The molecule has 2 aromatic rings. The lowest BCUT2D eigenvalue weighted by atomic mass is 10.0. The Balaban J connectivity index is 3.28. The number of hydrogen-bond acceptors (Lipinski definition) is 7. The predicted octanol–water partition coefficient (Wildman–Crippen LogP) is 0.0970. The maximum atomic E-state index is 13.6. The van der Waals surface area contributed by atoms with Crippen LogP contribution in [0.1, 0.15) is 62.1 Å². The minimum atomic E-state index is -5.95. The van der Waals surface area contributed by atoms with Crippen LogP contribution < -0.4 is 10.6 Å². The molecule has 0 bridgehead atoms. The minimum absolute atomic E-state index is 0.457. The van der Waals surface area contributed by atoms with Gasteiger partial charge in [-0.05, 0) is 24.3 Å². The number of rotatable bonds is 8. The molecule has 2 rings (SSSR count). The molecule has 0 saturated heterocycles. The first-order valence-corrected chi connectivity index (χ1v) is 9.88. The Kier molecular flexibility index (Phi) is 6.39. The molecule has 0 heterocycles. The van der Waals surface area contributed by atoms with E-state index in [1.54, 1.807) is 0 Å². The lowest BCUT2D eigenvalue weighted by Crippen LogP contribution is -2.35. The van der Waals surface area contributed by atoms with Crippen molar-refractivity contribution in [3.05, 3.63) is 57.6 Å². The van der Waals surface area contributed by atoms with Gasteiger partial charge in [0.15, 0.2) is 0 Å². The van der Waals surface area contributed by atoms with Crippen molar-refractivity contribution >= 4 is 53.8 Å². The average Bonchev–Trinajstić information content (AvgIpc) is 2.70. The molecular weight excluding hydrogens is 471 g/mol. The topological polar surface area (TPSA) is 261 Å². The van der Waals surface area contributed by atoms with E-state index in [0.717, 1.165) is 0 Å². The van der Waals surface area contributed by atoms with Crippen molar-refractivity contribution < 1.29 is 68.9 Å². The second-order valence-electron chi connectivity index (χ2n) is 6.18. The van der Waals surface area contributed by atoms with E-state index in [1.807, 2.05) is 0 Å². The average molecular weight is 482 g/mol. The Morgan fingerprint density at radius 1 is 0.485 bits per heavy atom. The van der Waals surface area contributed by atoms with Crippen LogP contribution in [0.5, 0.6) is 0 Å². The molecule has 0 aliphatic carbocycles. The molecule has 33 heavy (non-hydrogen) atoms. The van der Waals surface area contributed by atoms with E-state index in [2.05, 4.69) is 0 Å². The van der Waals surface area contributed by atoms with E-state index in [1.165, 1.54) is 0 Å². The molecular formula is C18H11O14P. The van der Waals surface area contributed by atoms with Crippen molar-refractivity contribution in [3.8, 4) is 0 Å². The molecule has 0 unspecified atom stereocenters. The van der Waals surface area contributed by atoms with Crippen molar-refractivity contribution in [1.29, 1.82) is 0 Å². The van der Waals surface area contributed by atoms with Crippen LogP contribution in [-0.4, -0.2) is 71.3 Å². The molecule has 0 radical (unpaired) electrons. The van der Waals surface area contributed by atoms with Gasteiger partial charge in [-0.15, -0.1) is 0 Å². The molecule has 0 aliphatic rings. The van der Waals surface area contributed by atoms with Crippen molar-refractivity contribution in [1.82, 2.24) is 0 Å². The minimum Gasteiger partial charge on any atom is -0.478 e. The summed E-state index contributed by atoms with van der Waals surface area (Å²) < 4.78 is 13.6. The fraction of sp³-hybridized carbons (Fsp3) is 0. The molecule has 0 aliphatic heterocycles. The third-order valence-corrected chi connectivity index (χ3v) is 6.45. The maximum absolute atomic E-state index is 13.6. The van der Waals surface area contributed by atoms with Crippen LogP contribution in [-0.2, 0) is 4.57 Å². The first-order chi connectivity index (χ1) is 15.1. The van der Waals surface area contributed by atoms with Gasteiger partial charge < -0.3 is 35.5 Å². The Bertz CT molecular complexity index is 1220. The first-order valence-electron chi connectivity index (χ1n) is 8.22. The van der Waals surface area contributed by atoms with Gasteiger partial charge >= 0.3 is 35.8 Å². The van der Waals surface area contributed by atoms with Gasteiger partial charge in [0, 0.05) is 0 Å². The number of carboxylic acids is 6. The zero-order valence-corrected chi connectivity index (χ0v) is 16.6. The summed E-state index contributed by atoms with van der Waals surface area (Å²) in [5.41, 5.74) is -7.89. The summed E-state index contributed by atoms with van der Waals surface area (Å²) in [5.74, 6) is -12.4. The summed E-state index contributed by atoms with van der Waals surface area (Å²) in [7, 11) is -5.95. The highest BCUT2D eigenvalue weighted by Crippen LogP contribution is 2.44. The van der Waals surface area contributed by atoms with Crippen LogP contribution >= 0.6 is 7.37 Å². The fourth-order valence-corrected chi connectivity index (χ4v) is 5.31. The van der Waals surface area contributed by atoms with E-state index in [9.17, 15) is 68.9 Å². The molecule has 2 aromatic carbocycles. The SMILES string of the molecule is O=C(O)c1ccc(C(=O)O)c(P(=O)(O)c2c(C(=O)O)ccc(C(=O)O)c2C(=O)O)c1C(=O)O. The van der Waals surface area contributed by atoms with E-state index in [0.29, 0.717) is 24.3 Å². The normalized spacial score (nSPS) is 10.9. The summed E-state index contributed by atoms with van der Waals surface area (Å²) >= 11 is 0. The van der Waals surface area contributed by atoms with E-state index in [4.69, 9.17) is 0 Å². The highest BCUT2D eigenvalue weighted by atomic mass is 31.2. The van der Waals surface area contributed by atoms with E-state index in [-0.39, 0.29) is 0 Å². The second kappa shape index (κ2) is 8.53. The van der Waals surface area contributed by atoms with Gasteiger partial charge in [0.1, 0.15) is 0 Å². The molecule has 15 heteroatoms. The molecule has 172 valence electrons. The quantitative estimate of drug-likeness (QED) is 0.246. The number of carboxylic acid groups (broad SMARTS) is 6. The van der Waals surface area contributed by atoms with Crippen molar-refractivity contribution in [3.63, 3.8) is 0 Å². The Morgan fingerprint density at radius 2 is 0.727 bits per heavy atom. The Labute approximate surface area is 181 Å². The van der Waals surface area contributed by atoms with Crippen LogP contribution in [0, 0.1) is 0 Å². The van der Waals surface area contributed by atoms with Crippen molar-refractivity contribution in [2.75, 3.05) is 0 Å². The Morgan fingerprint density at radius 3 is 0.939 bits per heavy atom. The molecule has 0 saturated carbocycles. The highest BCUT2D eigenvalue weighted by molar-refractivity contribution is 7.74. The summed E-state index contributed by atoms with van der Waals surface area (Å²) in [6, 6.07) is 1.92. The van der Waals surface area contributed by atoms with Gasteiger partial charge in [0.2, 0.25) is 0 Å². The van der Waals surface area contributed by atoms with Gasteiger partial charge in [-0.1, -0.05) is 0 Å². The van der Waals surface area contributed by atoms with Gasteiger partial charge in [0.05, 0.1) is 44.0 Å². The van der Waals surface area contributed by atoms with Crippen molar-refractivity contribution in [2.45, 2.75) is 0 Å². The van der Waals surface area contributed by atoms with Crippen LogP contribution in [0.25, 0.3) is 0 Å². The fourth-order valence-electron chi connectivity index (χ4n) is 3.06. The van der Waals surface area contributed by atoms with Gasteiger partial charge in [0.25, 0.3) is 7.37 Å². The Hall–Kier alpha value is -4.55. The van der Waals surface area contributed by atoms with Crippen LogP contribution in [0.2, 0.25) is 0 Å². The first kappa shape index (κ1) is 24.7. The van der Waals surface area contributed by atoms with E-state index < -0.39 is 87.2 Å². The van der Waals surface area contributed by atoms with Crippen LogP contribution in [0.15, 0.2) is 24.3 Å². The van der Waals surface area contributed by atoms with Crippen molar-refractivity contribution in [2.24, 2.45) is 0 Å². The maximum Gasteiger partial charge on any atom is 0.337 e. The van der Waals surface area contributed by atoms with Crippen LogP contribution in [0.4, 0.5) is 0 Å². The molecule has 7 N–H and O–H groups in total. The molecule has 0 spiro atoms. The zero-order valence-electron chi connectivity index (χ0n) is 15.7. The number of benzene rings is 2. The van der Waals surface area contributed by atoms with Gasteiger partial charge in [-0.2, -0.15) is 0 Å². The van der Waals surface area contributed by atoms with Gasteiger partial charge in [-0.3, -0.25) is 4.57 Å². The molecule has 0 amide bonds. The summed E-state index contributed by atoms with van der Waals surface area (Å²) in [5, 5.41) is 53.1. The molecule has 0 atom stereocenters. The highest BCUT2D eigenvalue weighted by Gasteiger charge is 2.43.